The number of nitrogens with one attached hydrogen (secondary N) is 1. The maximum atomic E-state index is 12.9. The number of anilines is 3. The summed E-state index contributed by atoms with van der Waals surface area (Å²) in [5.74, 6) is 1.07. The molecular weight excluding hydrogens is 499 g/mol. The van der Waals surface area contributed by atoms with Crippen molar-refractivity contribution in [2.45, 2.75) is 38.5 Å². The van der Waals surface area contributed by atoms with Gasteiger partial charge in [0.25, 0.3) is 0 Å². The molecule has 2 N–H and O–H groups in total. The Labute approximate surface area is 220 Å². The maximum absolute atomic E-state index is 12.9. The number of ether oxygens (including phenoxy) is 1. The van der Waals surface area contributed by atoms with Crippen molar-refractivity contribution >= 4 is 23.4 Å². The predicted molar refractivity (Wildman–Crippen MR) is 140 cm³/mol. The fourth-order valence-electron chi connectivity index (χ4n) is 5.45. The van der Waals surface area contributed by atoms with E-state index in [9.17, 15) is 23.1 Å². The fraction of sp³-hybridized carbons (Fsp3) is 0.556. The van der Waals surface area contributed by atoms with Crippen LogP contribution >= 0.6 is 0 Å². The number of aromatic nitrogens is 1. The Balaban J connectivity index is 1.38. The minimum absolute atomic E-state index is 0.0996. The molecule has 11 heteroatoms. The quantitative estimate of drug-likeness (QED) is 0.598. The SMILES string of the molecule is Cc1ccc(NC(=O)N2CC[C@@H](CC(F)(F)F)C2)cc1-c1cc(N2CCOCC2)nc(N2CC[C@H](O)C2)c1. The van der Waals surface area contributed by atoms with Gasteiger partial charge in [0, 0.05) is 51.4 Å². The number of likely N-dealkylation sites (tertiary alicyclic amines) is 1. The van der Waals surface area contributed by atoms with Crippen LogP contribution in [0.3, 0.4) is 0 Å². The third-order valence-corrected chi connectivity index (χ3v) is 7.51. The van der Waals surface area contributed by atoms with E-state index in [2.05, 4.69) is 15.1 Å². The summed E-state index contributed by atoms with van der Waals surface area (Å²) in [7, 11) is 0. The summed E-state index contributed by atoms with van der Waals surface area (Å²) >= 11 is 0. The van der Waals surface area contributed by atoms with Crippen LogP contribution in [0.4, 0.5) is 35.3 Å². The number of halogens is 3. The van der Waals surface area contributed by atoms with Gasteiger partial charge in [-0.3, -0.25) is 0 Å². The van der Waals surface area contributed by atoms with Crippen molar-refractivity contribution < 1.29 is 27.8 Å². The van der Waals surface area contributed by atoms with Gasteiger partial charge in [-0.25, -0.2) is 9.78 Å². The molecule has 2 amide bonds. The average Bonchev–Trinajstić information content (AvgIpc) is 3.53. The van der Waals surface area contributed by atoms with Crippen LogP contribution in [0, 0.1) is 12.8 Å². The number of aliphatic hydroxyl groups excluding tert-OH is 1. The Kier molecular flexibility index (Phi) is 7.67. The number of hydrogen-bond acceptors (Lipinski definition) is 6. The first-order chi connectivity index (χ1) is 18.1. The Hall–Kier alpha value is -3.05. The molecule has 2 atom stereocenters. The van der Waals surface area contributed by atoms with Crippen LogP contribution in [0.5, 0.6) is 0 Å². The number of benzene rings is 1. The van der Waals surface area contributed by atoms with Crippen molar-refractivity contribution in [1.29, 1.82) is 0 Å². The van der Waals surface area contributed by atoms with Gasteiger partial charge in [0.2, 0.25) is 0 Å². The molecule has 3 fully saturated rings. The molecule has 0 radical (unpaired) electrons. The molecule has 0 saturated carbocycles. The highest BCUT2D eigenvalue weighted by molar-refractivity contribution is 5.91. The monoisotopic (exact) mass is 533 g/mol. The number of β-amino-alcohol motifs (C(OH)–C–C–N with tert-alkyl or cyclic N) is 1. The molecule has 0 bridgehead atoms. The molecule has 3 aliphatic heterocycles. The number of rotatable bonds is 5. The number of morpholine rings is 1. The first-order valence-electron chi connectivity index (χ1n) is 13.2. The lowest BCUT2D eigenvalue weighted by atomic mass is 10.00. The van der Waals surface area contributed by atoms with E-state index in [-0.39, 0.29) is 18.7 Å². The zero-order valence-corrected chi connectivity index (χ0v) is 21.5. The topological polar surface area (TPSA) is 81.2 Å². The molecule has 1 aromatic heterocycles. The summed E-state index contributed by atoms with van der Waals surface area (Å²) in [4.78, 5) is 23.5. The standard InChI is InChI=1S/C27H34F3N5O3/c1-18-2-3-21(31-26(37)35-6-4-19(16-35)15-27(28,29)30)14-23(18)20-12-24(33-8-10-38-11-9-33)32-25(13-20)34-7-5-22(36)17-34/h2-3,12-14,19,22,36H,4-11,15-17H2,1H3,(H,31,37)/t19-,22-/m0/s1. The molecule has 8 nitrogen and oxygen atoms in total. The molecule has 0 aliphatic carbocycles. The average molecular weight is 534 g/mol. The van der Waals surface area contributed by atoms with Crippen LogP contribution in [-0.2, 0) is 4.74 Å². The summed E-state index contributed by atoms with van der Waals surface area (Å²) in [6.45, 7) is 6.38. The van der Waals surface area contributed by atoms with Crippen molar-refractivity contribution in [3.8, 4) is 11.1 Å². The van der Waals surface area contributed by atoms with Crippen LogP contribution in [0.2, 0.25) is 0 Å². The number of nitrogens with zero attached hydrogens (tertiary/aromatic N) is 4. The number of hydrogen-bond donors (Lipinski definition) is 2. The van der Waals surface area contributed by atoms with E-state index < -0.39 is 18.5 Å². The third kappa shape index (κ3) is 6.32. The third-order valence-electron chi connectivity index (χ3n) is 7.51. The number of aliphatic hydroxyl groups is 1. The Bertz CT molecular complexity index is 1130. The second kappa shape index (κ2) is 11.0. The summed E-state index contributed by atoms with van der Waals surface area (Å²) < 4.78 is 43.8. The van der Waals surface area contributed by atoms with Gasteiger partial charge in [-0.05, 0) is 66.6 Å². The van der Waals surface area contributed by atoms with Crippen molar-refractivity contribution in [3.05, 3.63) is 35.9 Å². The van der Waals surface area contributed by atoms with Crippen LogP contribution in [0.1, 0.15) is 24.8 Å². The van der Waals surface area contributed by atoms with Crippen molar-refractivity contribution in [2.75, 3.05) is 67.6 Å². The second-order valence-electron chi connectivity index (χ2n) is 10.4. The van der Waals surface area contributed by atoms with Gasteiger partial charge in [0.05, 0.1) is 19.3 Å². The molecule has 0 unspecified atom stereocenters. The molecular formula is C27H34F3N5O3. The van der Waals surface area contributed by atoms with E-state index in [0.717, 1.165) is 48.0 Å². The summed E-state index contributed by atoms with van der Waals surface area (Å²) in [6, 6.07) is 9.30. The van der Waals surface area contributed by atoms with E-state index in [1.165, 1.54) is 4.90 Å². The lowest BCUT2D eigenvalue weighted by molar-refractivity contribution is -0.143. The van der Waals surface area contributed by atoms with Crippen molar-refractivity contribution in [1.82, 2.24) is 9.88 Å². The van der Waals surface area contributed by atoms with Gasteiger partial charge in [0.15, 0.2) is 0 Å². The molecule has 38 heavy (non-hydrogen) atoms. The first-order valence-corrected chi connectivity index (χ1v) is 13.2. The van der Waals surface area contributed by atoms with E-state index in [1.54, 1.807) is 0 Å². The largest absolute Gasteiger partial charge is 0.391 e. The highest BCUT2D eigenvalue weighted by atomic mass is 19.4. The number of carbonyl (C=O) groups excluding carboxylic acids is 1. The van der Waals surface area contributed by atoms with Gasteiger partial charge >= 0.3 is 12.2 Å². The minimum Gasteiger partial charge on any atom is -0.391 e. The fourth-order valence-corrected chi connectivity index (χ4v) is 5.45. The Morgan fingerprint density at radius 2 is 1.79 bits per heavy atom. The highest BCUT2D eigenvalue weighted by Gasteiger charge is 2.36. The maximum Gasteiger partial charge on any atom is 0.389 e. The normalized spacial score (nSPS) is 22.3. The van der Waals surface area contributed by atoms with Crippen molar-refractivity contribution in [2.24, 2.45) is 5.92 Å². The van der Waals surface area contributed by atoms with E-state index in [4.69, 9.17) is 9.72 Å². The molecule has 1 aromatic carbocycles. The van der Waals surface area contributed by atoms with Crippen molar-refractivity contribution in [3.63, 3.8) is 0 Å². The number of carbonyl (C=O) groups is 1. The lowest BCUT2D eigenvalue weighted by Crippen LogP contribution is -2.37. The summed E-state index contributed by atoms with van der Waals surface area (Å²) in [5, 5.41) is 13.0. The van der Waals surface area contributed by atoms with Gasteiger partial charge < -0.3 is 29.9 Å². The van der Waals surface area contributed by atoms with Gasteiger partial charge in [-0.1, -0.05) is 6.07 Å². The highest BCUT2D eigenvalue weighted by Crippen LogP contribution is 2.34. The summed E-state index contributed by atoms with van der Waals surface area (Å²) in [5.41, 5.74) is 3.47. The minimum atomic E-state index is -4.22. The van der Waals surface area contributed by atoms with Crippen LogP contribution < -0.4 is 15.1 Å². The van der Waals surface area contributed by atoms with E-state index >= 15 is 0 Å². The first kappa shape index (κ1) is 26.6. The molecule has 3 saturated heterocycles. The number of urea groups is 1. The predicted octanol–water partition coefficient (Wildman–Crippen LogP) is 4.27. The molecule has 0 spiro atoms. The van der Waals surface area contributed by atoms with Crippen LogP contribution in [0.25, 0.3) is 11.1 Å². The Morgan fingerprint density at radius 1 is 1.05 bits per heavy atom. The van der Waals surface area contributed by atoms with Gasteiger partial charge in [-0.15, -0.1) is 0 Å². The zero-order valence-electron chi connectivity index (χ0n) is 21.5. The molecule has 5 rings (SSSR count). The van der Waals surface area contributed by atoms with Gasteiger partial charge in [-0.2, -0.15) is 13.2 Å². The molecule has 4 heterocycles. The van der Waals surface area contributed by atoms with E-state index in [0.29, 0.717) is 44.8 Å². The molecule has 2 aromatic rings. The number of pyridine rings is 1. The molecule has 206 valence electrons. The van der Waals surface area contributed by atoms with Crippen LogP contribution in [0.15, 0.2) is 30.3 Å². The van der Waals surface area contributed by atoms with E-state index in [1.807, 2.05) is 37.3 Å². The smallest absolute Gasteiger partial charge is 0.389 e. The zero-order chi connectivity index (χ0) is 26.9. The number of aryl methyl sites for hydroxylation is 1. The number of alkyl halides is 3. The molecule has 3 aliphatic rings. The summed E-state index contributed by atoms with van der Waals surface area (Å²) in [6.07, 6.45) is -4.43. The van der Waals surface area contributed by atoms with Crippen LogP contribution in [-0.4, -0.2) is 85.8 Å². The van der Waals surface area contributed by atoms with Gasteiger partial charge in [0.1, 0.15) is 11.6 Å². The number of amides is 2. The Morgan fingerprint density at radius 3 is 2.47 bits per heavy atom. The lowest BCUT2D eigenvalue weighted by Gasteiger charge is -2.29. The second-order valence-corrected chi connectivity index (χ2v) is 10.4.